The molecule has 0 bridgehead atoms. The molecule has 1 amide bonds. The maximum Gasteiger partial charge on any atom is 0.274 e. The average molecular weight is 446 g/mol. The minimum Gasteiger partial charge on any atom is -0.380 e. The lowest BCUT2D eigenvalue weighted by molar-refractivity contribution is 0.0706. The van der Waals surface area contributed by atoms with Crippen LogP contribution >= 0.6 is 0 Å². The Morgan fingerprint density at radius 1 is 1.09 bits per heavy atom. The first-order valence-electron chi connectivity index (χ1n) is 11.3. The van der Waals surface area contributed by atoms with Crippen molar-refractivity contribution in [2.75, 3.05) is 45.1 Å². The van der Waals surface area contributed by atoms with Crippen molar-refractivity contribution in [1.29, 1.82) is 0 Å². The number of carbonyl (C=O) groups is 1. The van der Waals surface area contributed by atoms with Crippen LogP contribution in [-0.2, 0) is 6.54 Å². The fraction of sp³-hybridized carbons (Fsp3) is 0.308. The van der Waals surface area contributed by atoms with Crippen molar-refractivity contribution < 1.29 is 10.0 Å². The van der Waals surface area contributed by atoms with E-state index in [0.717, 1.165) is 60.5 Å². The number of benzene rings is 2. The minimum atomic E-state index is -0.514. The molecule has 172 valence electrons. The molecule has 0 atom stereocenters. The van der Waals surface area contributed by atoms with Crippen LogP contribution in [0.2, 0.25) is 0 Å². The van der Waals surface area contributed by atoms with Gasteiger partial charge in [-0.05, 0) is 55.4 Å². The molecule has 0 aliphatic carbocycles. The van der Waals surface area contributed by atoms with Crippen LogP contribution < -0.4 is 10.8 Å². The number of aromatic nitrogens is 1. The minimum absolute atomic E-state index is 0.416. The number of fused-ring (bicyclic) bond motifs is 1. The summed E-state index contributed by atoms with van der Waals surface area (Å²) in [5.74, 6) is -0.514. The molecule has 1 aliphatic rings. The third kappa shape index (κ3) is 6.16. The van der Waals surface area contributed by atoms with E-state index < -0.39 is 5.91 Å². The summed E-state index contributed by atoms with van der Waals surface area (Å²) in [5.41, 5.74) is 7.52. The van der Waals surface area contributed by atoms with Crippen LogP contribution in [0.15, 0.2) is 60.3 Å². The zero-order valence-electron chi connectivity index (χ0n) is 19.2. The molecule has 0 unspecified atom stereocenters. The van der Waals surface area contributed by atoms with E-state index in [1.165, 1.54) is 5.56 Å². The van der Waals surface area contributed by atoms with Gasteiger partial charge in [0.05, 0.1) is 17.4 Å². The summed E-state index contributed by atoms with van der Waals surface area (Å²) in [6.45, 7) is 8.18. The highest BCUT2D eigenvalue weighted by Gasteiger charge is 2.14. The number of carbonyl (C=O) groups excluding carboxylic acids is 1. The van der Waals surface area contributed by atoms with Crippen molar-refractivity contribution >= 4 is 28.6 Å². The first-order valence-corrected chi connectivity index (χ1v) is 11.3. The van der Waals surface area contributed by atoms with E-state index in [0.29, 0.717) is 12.1 Å². The van der Waals surface area contributed by atoms with E-state index in [-0.39, 0.29) is 0 Å². The summed E-state index contributed by atoms with van der Waals surface area (Å²) >= 11 is 0. The Morgan fingerprint density at radius 3 is 2.58 bits per heavy atom. The number of hydrogen-bond acceptors (Lipinski definition) is 6. The number of nitrogens with one attached hydrogen (secondary N) is 2. The van der Waals surface area contributed by atoms with Gasteiger partial charge in [0, 0.05) is 50.2 Å². The van der Waals surface area contributed by atoms with E-state index >= 15 is 0 Å². The number of nitrogens with zero attached hydrogens (tertiary/aromatic N) is 3. The molecule has 7 nitrogen and oxygen atoms in total. The second-order valence-corrected chi connectivity index (χ2v) is 8.74. The number of amides is 1. The predicted molar refractivity (Wildman–Crippen MR) is 132 cm³/mol. The molecule has 1 aromatic heterocycles. The quantitative estimate of drug-likeness (QED) is 0.381. The Labute approximate surface area is 194 Å². The largest absolute Gasteiger partial charge is 0.380 e. The van der Waals surface area contributed by atoms with Crippen molar-refractivity contribution in [3.63, 3.8) is 0 Å². The van der Waals surface area contributed by atoms with Crippen molar-refractivity contribution in [2.24, 2.45) is 0 Å². The maximum absolute atomic E-state index is 11.4. The Morgan fingerprint density at radius 2 is 1.85 bits per heavy atom. The van der Waals surface area contributed by atoms with Gasteiger partial charge in [0.2, 0.25) is 0 Å². The highest BCUT2D eigenvalue weighted by atomic mass is 16.5. The van der Waals surface area contributed by atoms with Gasteiger partial charge in [0.15, 0.2) is 0 Å². The van der Waals surface area contributed by atoms with Gasteiger partial charge in [-0.1, -0.05) is 29.8 Å². The lowest BCUT2D eigenvalue weighted by Crippen LogP contribution is -2.43. The normalized spacial score (nSPS) is 15.5. The molecule has 4 rings (SSSR count). The monoisotopic (exact) mass is 445 g/mol. The zero-order valence-corrected chi connectivity index (χ0v) is 19.2. The molecule has 2 aromatic carbocycles. The highest BCUT2D eigenvalue weighted by Crippen LogP contribution is 2.20. The smallest absolute Gasteiger partial charge is 0.274 e. The molecule has 3 N–H and O–H groups in total. The van der Waals surface area contributed by atoms with Crippen molar-refractivity contribution in [1.82, 2.24) is 20.3 Å². The second kappa shape index (κ2) is 10.6. The fourth-order valence-electron chi connectivity index (χ4n) is 4.01. The summed E-state index contributed by atoms with van der Waals surface area (Å²) in [7, 11) is 2.18. The zero-order chi connectivity index (χ0) is 23.2. The van der Waals surface area contributed by atoms with Gasteiger partial charge in [-0.2, -0.15) is 0 Å². The third-order valence-electron chi connectivity index (χ3n) is 6.01. The molecular weight excluding hydrogens is 414 g/mol. The summed E-state index contributed by atoms with van der Waals surface area (Å²) in [4.78, 5) is 20.9. The number of rotatable bonds is 7. The topological polar surface area (TPSA) is 80.7 Å². The summed E-state index contributed by atoms with van der Waals surface area (Å²) in [5, 5.41) is 13.3. The molecule has 7 heteroatoms. The lowest BCUT2D eigenvalue weighted by atomic mass is 10.1. The average Bonchev–Trinajstić information content (AvgIpc) is 2.84. The van der Waals surface area contributed by atoms with E-state index in [1.54, 1.807) is 17.6 Å². The second-order valence-electron chi connectivity index (χ2n) is 8.74. The van der Waals surface area contributed by atoms with Gasteiger partial charge in [0.1, 0.15) is 0 Å². The molecule has 0 saturated carbocycles. The van der Waals surface area contributed by atoms with Crippen molar-refractivity contribution in [3.05, 3.63) is 77.0 Å². The number of pyridine rings is 1. The van der Waals surface area contributed by atoms with E-state index in [9.17, 15) is 4.79 Å². The van der Waals surface area contributed by atoms with Crippen molar-refractivity contribution in [3.8, 4) is 0 Å². The molecule has 1 fully saturated rings. The van der Waals surface area contributed by atoms with Crippen LogP contribution in [0.3, 0.4) is 0 Å². The van der Waals surface area contributed by atoms with E-state index in [1.807, 2.05) is 18.3 Å². The van der Waals surface area contributed by atoms with Gasteiger partial charge in [-0.3, -0.25) is 19.9 Å². The molecule has 1 saturated heterocycles. The van der Waals surface area contributed by atoms with Crippen LogP contribution in [0.5, 0.6) is 0 Å². The molecule has 0 spiro atoms. The molecule has 2 heterocycles. The Hall–Kier alpha value is -3.26. The first-order chi connectivity index (χ1) is 16.0. The number of likely N-dealkylation sites (N-methyl/N-ethyl adjacent to an activating group) is 1. The van der Waals surface area contributed by atoms with Gasteiger partial charge >= 0.3 is 0 Å². The van der Waals surface area contributed by atoms with Gasteiger partial charge in [0.25, 0.3) is 5.91 Å². The summed E-state index contributed by atoms with van der Waals surface area (Å²) in [6, 6.07) is 15.8. The van der Waals surface area contributed by atoms with Crippen LogP contribution in [0.4, 0.5) is 5.69 Å². The first kappa shape index (κ1) is 22.9. The Balaban J connectivity index is 1.38. The van der Waals surface area contributed by atoms with Crippen LogP contribution in [-0.4, -0.2) is 65.7 Å². The number of hydrogen-bond donors (Lipinski definition) is 3. The number of anilines is 1. The summed E-state index contributed by atoms with van der Waals surface area (Å²) < 4.78 is 0. The van der Waals surface area contributed by atoms with E-state index in [2.05, 4.69) is 64.4 Å². The van der Waals surface area contributed by atoms with Crippen LogP contribution in [0.25, 0.3) is 17.0 Å². The van der Waals surface area contributed by atoms with Gasteiger partial charge in [-0.25, -0.2) is 5.48 Å². The standard InChI is InChI=1S/C26H31N5O2/c1-19(13-20-3-6-22(7-4-20)26(32)29-33)16-27-24-15-23-14-21(5-8-25(23)28-17-24)18-31-11-9-30(2)10-12-31/h3-8,13-15,17,27,33H,9-12,16,18H2,1-2H3,(H,29,32). The SMILES string of the molecule is CC(=Cc1ccc(C(=O)NO)cc1)CNc1cnc2ccc(CN3CCN(C)CC3)cc2c1. The lowest BCUT2D eigenvalue weighted by Gasteiger charge is -2.32. The number of hydroxylamine groups is 1. The van der Waals surface area contributed by atoms with Gasteiger partial charge < -0.3 is 10.2 Å². The molecular formula is C26H31N5O2. The van der Waals surface area contributed by atoms with Crippen molar-refractivity contribution in [2.45, 2.75) is 13.5 Å². The number of piperazine rings is 1. The fourth-order valence-corrected chi connectivity index (χ4v) is 4.01. The van der Waals surface area contributed by atoms with Crippen LogP contribution in [0, 0.1) is 0 Å². The molecule has 1 aliphatic heterocycles. The molecule has 33 heavy (non-hydrogen) atoms. The summed E-state index contributed by atoms with van der Waals surface area (Å²) in [6.07, 6.45) is 3.94. The Kier molecular flexibility index (Phi) is 7.34. The Bertz CT molecular complexity index is 1140. The highest BCUT2D eigenvalue weighted by molar-refractivity contribution is 5.93. The van der Waals surface area contributed by atoms with Crippen LogP contribution in [0.1, 0.15) is 28.4 Å². The molecule has 0 radical (unpaired) electrons. The maximum atomic E-state index is 11.4. The predicted octanol–water partition coefficient (Wildman–Crippen LogP) is 3.62. The molecule has 3 aromatic rings. The third-order valence-corrected chi connectivity index (χ3v) is 6.01. The van der Waals surface area contributed by atoms with E-state index in [4.69, 9.17) is 5.21 Å². The van der Waals surface area contributed by atoms with Gasteiger partial charge in [-0.15, -0.1) is 0 Å².